The average Bonchev–Trinajstić information content (AvgIpc) is 2.15. The molecule has 0 aliphatic heterocycles. The first kappa shape index (κ1) is 13.2. The van der Waals surface area contributed by atoms with Gasteiger partial charge in [-0.2, -0.15) is 0 Å². The second-order valence-electron chi connectivity index (χ2n) is 4.76. The highest BCUT2D eigenvalue weighted by atomic mass is 32.2. The second-order valence-corrected chi connectivity index (χ2v) is 6.56. The van der Waals surface area contributed by atoms with Gasteiger partial charge >= 0.3 is 0 Å². The number of rotatable bonds is 4. The molecule has 0 aromatic rings. The lowest BCUT2D eigenvalue weighted by Gasteiger charge is -2.22. The third-order valence-corrected chi connectivity index (χ3v) is 4.67. The molecule has 2 nitrogen and oxygen atoms in total. The Labute approximate surface area is 96.7 Å². The second kappa shape index (κ2) is 7.39. The molecular weight excluding hydrogens is 206 g/mol. The summed E-state index contributed by atoms with van der Waals surface area (Å²) in [5.41, 5.74) is 0. The van der Waals surface area contributed by atoms with E-state index in [-0.39, 0.29) is 5.25 Å². The third kappa shape index (κ3) is 5.67. The molecule has 15 heavy (non-hydrogen) atoms. The summed E-state index contributed by atoms with van der Waals surface area (Å²) in [6.45, 7) is 2.97. The van der Waals surface area contributed by atoms with Crippen LogP contribution in [0.25, 0.3) is 0 Å². The number of hydrogen-bond acceptors (Lipinski definition) is 2. The molecule has 90 valence electrons. The van der Waals surface area contributed by atoms with Crippen molar-refractivity contribution in [1.29, 1.82) is 0 Å². The van der Waals surface area contributed by atoms with Gasteiger partial charge in [0, 0.05) is 34.9 Å². The Balaban J connectivity index is 2.20. The van der Waals surface area contributed by atoms with Gasteiger partial charge in [0.05, 0.1) is 0 Å². The summed E-state index contributed by atoms with van der Waals surface area (Å²) in [7, 11) is -0.685. The molecule has 1 rings (SSSR count). The van der Waals surface area contributed by atoms with E-state index in [0.717, 1.165) is 6.54 Å². The molecule has 3 heteroatoms. The van der Waals surface area contributed by atoms with E-state index in [1.54, 1.807) is 6.26 Å². The molecule has 1 fully saturated rings. The molecule has 0 aromatic carbocycles. The lowest BCUT2D eigenvalue weighted by molar-refractivity contribution is 0.391. The fraction of sp³-hybridized carbons (Fsp3) is 1.00. The summed E-state index contributed by atoms with van der Waals surface area (Å²) in [5.74, 6) is 0. The molecule has 1 aliphatic rings. The lowest BCUT2D eigenvalue weighted by Crippen LogP contribution is -2.36. The summed E-state index contributed by atoms with van der Waals surface area (Å²) < 4.78 is 11.2. The lowest BCUT2D eigenvalue weighted by atomic mass is 9.97. The molecule has 1 aliphatic carbocycles. The van der Waals surface area contributed by atoms with Crippen LogP contribution in [0.4, 0.5) is 0 Å². The van der Waals surface area contributed by atoms with E-state index in [2.05, 4.69) is 12.2 Å². The zero-order chi connectivity index (χ0) is 11.1. The van der Waals surface area contributed by atoms with Gasteiger partial charge in [0.1, 0.15) is 0 Å². The molecule has 2 unspecified atom stereocenters. The first-order valence-electron chi connectivity index (χ1n) is 6.25. The standard InChI is InChI=1S/C12H25NOS/c1-11(15(2)14)10-13-12-8-6-4-3-5-7-9-12/h11-13H,3-10H2,1-2H3. The third-order valence-electron chi connectivity index (χ3n) is 3.37. The van der Waals surface area contributed by atoms with Crippen molar-refractivity contribution >= 4 is 10.8 Å². The monoisotopic (exact) mass is 231 g/mol. The first-order chi connectivity index (χ1) is 7.20. The molecule has 0 radical (unpaired) electrons. The van der Waals surface area contributed by atoms with E-state index in [4.69, 9.17) is 0 Å². The largest absolute Gasteiger partial charge is 0.313 e. The number of hydrogen-bond donors (Lipinski definition) is 1. The van der Waals surface area contributed by atoms with Gasteiger partial charge in [-0.3, -0.25) is 4.21 Å². The predicted molar refractivity (Wildman–Crippen MR) is 67.6 cm³/mol. The molecule has 0 aromatic heterocycles. The fourth-order valence-corrected chi connectivity index (χ4v) is 2.44. The quantitative estimate of drug-likeness (QED) is 0.805. The number of nitrogens with one attached hydrogen (secondary N) is 1. The topological polar surface area (TPSA) is 29.1 Å². The minimum Gasteiger partial charge on any atom is -0.313 e. The summed E-state index contributed by atoms with van der Waals surface area (Å²) in [5, 5.41) is 3.86. The van der Waals surface area contributed by atoms with Gasteiger partial charge in [0.25, 0.3) is 0 Å². The summed E-state index contributed by atoms with van der Waals surface area (Å²) in [6, 6.07) is 0.677. The van der Waals surface area contributed by atoms with Gasteiger partial charge in [-0.1, -0.05) is 32.1 Å². The van der Waals surface area contributed by atoms with Crippen molar-refractivity contribution in [3.05, 3.63) is 0 Å². The summed E-state index contributed by atoms with van der Waals surface area (Å²) in [4.78, 5) is 0. The van der Waals surface area contributed by atoms with Gasteiger partial charge in [-0.25, -0.2) is 0 Å². The van der Waals surface area contributed by atoms with E-state index in [9.17, 15) is 4.21 Å². The van der Waals surface area contributed by atoms with Crippen molar-refractivity contribution < 1.29 is 4.21 Å². The molecule has 0 saturated heterocycles. The van der Waals surface area contributed by atoms with Crippen molar-refractivity contribution in [2.75, 3.05) is 12.8 Å². The van der Waals surface area contributed by atoms with Crippen LogP contribution in [0.2, 0.25) is 0 Å². The Bertz CT molecular complexity index is 188. The molecular formula is C12H25NOS. The average molecular weight is 231 g/mol. The smallest absolute Gasteiger partial charge is 0.0441 e. The summed E-state index contributed by atoms with van der Waals surface area (Å²) >= 11 is 0. The Morgan fingerprint density at radius 2 is 1.73 bits per heavy atom. The normalized spacial score (nSPS) is 24.1. The van der Waals surface area contributed by atoms with Crippen LogP contribution in [0.5, 0.6) is 0 Å². The highest BCUT2D eigenvalue weighted by Gasteiger charge is 2.13. The van der Waals surface area contributed by atoms with Crippen molar-refractivity contribution in [3.63, 3.8) is 0 Å². The first-order valence-corrected chi connectivity index (χ1v) is 7.88. The van der Waals surface area contributed by atoms with Gasteiger partial charge in [0.15, 0.2) is 0 Å². The van der Waals surface area contributed by atoms with Crippen molar-refractivity contribution in [2.45, 2.75) is 63.2 Å². The summed E-state index contributed by atoms with van der Waals surface area (Å²) in [6.07, 6.45) is 11.3. The zero-order valence-corrected chi connectivity index (χ0v) is 10.9. The Morgan fingerprint density at radius 3 is 2.27 bits per heavy atom. The molecule has 2 atom stereocenters. The molecule has 0 spiro atoms. The maximum absolute atomic E-state index is 11.2. The molecule has 0 heterocycles. The van der Waals surface area contributed by atoms with Crippen molar-refractivity contribution in [1.82, 2.24) is 5.32 Å². The van der Waals surface area contributed by atoms with E-state index < -0.39 is 10.8 Å². The molecule has 1 N–H and O–H groups in total. The van der Waals surface area contributed by atoms with Crippen molar-refractivity contribution in [3.8, 4) is 0 Å². The van der Waals surface area contributed by atoms with E-state index in [1.807, 2.05) is 0 Å². The van der Waals surface area contributed by atoms with Crippen molar-refractivity contribution in [2.24, 2.45) is 0 Å². The van der Waals surface area contributed by atoms with E-state index >= 15 is 0 Å². The molecule has 0 amide bonds. The maximum Gasteiger partial charge on any atom is 0.0441 e. The Kier molecular flexibility index (Phi) is 6.50. The molecule has 1 saturated carbocycles. The maximum atomic E-state index is 11.2. The fourth-order valence-electron chi connectivity index (χ4n) is 2.11. The van der Waals surface area contributed by atoms with E-state index in [0.29, 0.717) is 6.04 Å². The predicted octanol–water partition coefficient (Wildman–Crippen LogP) is 2.46. The van der Waals surface area contributed by atoms with Crippen LogP contribution in [0.15, 0.2) is 0 Å². The van der Waals surface area contributed by atoms with Crippen LogP contribution in [-0.4, -0.2) is 28.3 Å². The van der Waals surface area contributed by atoms with Crippen LogP contribution in [-0.2, 0) is 10.8 Å². The van der Waals surface area contributed by atoms with Gasteiger partial charge in [0.2, 0.25) is 0 Å². The highest BCUT2D eigenvalue weighted by Crippen LogP contribution is 2.17. The Morgan fingerprint density at radius 1 is 1.20 bits per heavy atom. The molecule has 0 bridgehead atoms. The van der Waals surface area contributed by atoms with Crippen LogP contribution >= 0.6 is 0 Å². The van der Waals surface area contributed by atoms with Crippen LogP contribution in [0, 0.1) is 0 Å². The zero-order valence-electron chi connectivity index (χ0n) is 10.1. The van der Waals surface area contributed by atoms with Crippen LogP contribution < -0.4 is 5.32 Å². The van der Waals surface area contributed by atoms with Crippen LogP contribution in [0.3, 0.4) is 0 Å². The Hall–Kier alpha value is 0.110. The minimum absolute atomic E-state index is 0.287. The van der Waals surface area contributed by atoms with Gasteiger partial charge in [-0.05, 0) is 19.8 Å². The SMILES string of the molecule is CC(CNC1CCCCCCC1)S(C)=O. The highest BCUT2D eigenvalue weighted by molar-refractivity contribution is 7.84. The van der Waals surface area contributed by atoms with Gasteiger partial charge in [-0.15, -0.1) is 0 Å². The van der Waals surface area contributed by atoms with Crippen LogP contribution in [0.1, 0.15) is 51.9 Å². The van der Waals surface area contributed by atoms with Gasteiger partial charge < -0.3 is 5.32 Å². The minimum atomic E-state index is -0.685. The van der Waals surface area contributed by atoms with E-state index in [1.165, 1.54) is 44.9 Å².